The molecule has 19 heavy (non-hydrogen) atoms. The Labute approximate surface area is 123 Å². The van der Waals surface area contributed by atoms with Crippen molar-refractivity contribution >= 4 is 27.5 Å². The molecule has 0 aliphatic carbocycles. The predicted molar refractivity (Wildman–Crippen MR) is 74.0 cm³/mol. The van der Waals surface area contributed by atoms with Gasteiger partial charge in [-0.1, -0.05) is 11.6 Å². The molecule has 2 rings (SSSR count). The maximum absolute atomic E-state index is 13.4. The molecule has 1 heterocycles. The number of alkyl halides is 2. The quantitative estimate of drug-likeness (QED) is 0.875. The first-order valence-electron chi connectivity index (χ1n) is 5.92. The van der Waals surface area contributed by atoms with Gasteiger partial charge in [-0.3, -0.25) is 4.90 Å². The average Bonchev–Trinajstić information content (AvgIpc) is 2.39. The number of nitrogens with zero attached hydrogens (tertiary/aromatic N) is 1. The number of halogens is 4. The van der Waals surface area contributed by atoms with Crippen molar-refractivity contribution in [1.82, 2.24) is 10.2 Å². The molecule has 1 aliphatic heterocycles. The van der Waals surface area contributed by atoms with E-state index in [9.17, 15) is 13.9 Å². The number of piperazine rings is 1. The molecule has 7 heteroatoms. The van der Waals surface area contributed by atoms with Crippen LogP contribution in [0.2, 0.25) is 5.02 Å². The molecule has 0 spiro atoms. The van der Waals surface area contributed by atoms with Gasteiger partial charge in [0.1, 0.15) is 11.8 Å². The second kappa shape index (κ2) is 6.35. The molecule has 1 aromatic rings. The van der Waals surface area contributed by atoms with Crippen molar-refractivity contribution in [3.8, 4) is 5.75 Å². The highest BCUT2D eigenvalue weighted by molar-refractivity contribution is 9.10. The molecule has 0 saturated carbocycles. The van der Waals surface area contributed by atoms with E-state index < -0.39 is 12.5 Å². The third-order valence-electron chi connectivity index (χ3n) is 3.19. The summed E-state index contributed by atoms with van der Waals surface area (Å²) in [7, 11) is 0. The Bertz CT molecular complexity index is 456. The maximum Gasteiger partial charge on any atom is 0.258 e. The van der Waals surface area contributed by atoms with Crippen LogP contribution in [-0.2, 0) is 0 Å². The summed E-state index contributed by atoms with van der Waals surface area (Å²) in [5.74, 6) is -0.212. The van der Waals surface area contributed by atoms with Gasteiger partial charge in [0.15, 0.2) is 0 Å². The first kappa shape index (κ1) is 15.0. The molecule has 0 aromatic heterocycles. The van der Waals surface area contributed by atoms with E-state index in [1.54, 1.807) is 11.0 Å². The Balaban J connectivity index is 2.41. The van der Waals surface area contributed by atoms with E-state index in [1.165, 1.54) is 6.07 Å². The number of nitrogens with one attached hydrogen (secondary N) is 1. The number of phenolic OH excluding ortho intramolecular Hbond substituents is 1. The number of phenols is 1. The minimum atomic E-state index is -2.62. The second-order valence-electron chi connectivity index (χ2n) is 4.36. The summed E-state index contributed by atoms with van der Waals surface area (Å²) in [5, 5.41) is 13.3. The highest BCUT2D eigenvalue weighted by Gasteiger charge is 2.34. The van der Waals surface area contributed by atoms with Gasteiger partial charge in [-0.25, -0.2) is 8.78 Å². The highest BCUT2D eigenvalue weighted by atomic mass is 79.9. The normalized spacial score (nSPS) is 18.8. The second-order valence-corrected chi connectivity index (χ2v) is 5.62. The Hall–Kier alpha value is -0.430. The molecule has 1 atom stereocenters. The van der Waals surface area contributed by atoms with Crippen molar-refractivity contribution in [1.29, 1.82) is 0 Å². The van der Waals surface area contributed by atoms with E-state index in [0.29, 0.717) is 30.7 Å². The molecule has 1 aliphatic rings. The van der Waals surface area contributed by atoms with Crippen LogP contribution < -0.4 is 5.32 Å². The fourth-order valence-electron chi connectivity index (χ4n) is 2.27. The third-order valence-corrected chi connectivity index (χ3v) is 4.16. The smallest absolute Gasteiger partial charge is 0.258 e. The SMILES string of the molecule is Oc1c(Br)ccc(Cl)c1[C@H](C(F)F)N1CCNCC1. The maximum atomic E-state index is 13.4. The van der Waals surface area contributed by atoms with Crippen LogP contribution >= 0.6 is 27.5 Å². The largest absolute Gasteiger partial charge is 0.506 e. The Morgan fingerprint density at radius 2 is 1.95 bits per heavy atom. The number of rotatable bonds is 3. The zero-order valence-electron chi connectivity index (χ0n) is 10.0. The lowest BCUT2D eigenvalue weighted by molar-refractivity contribution is 0.0170. The number of hydrogen-bond acceptors (Lipinski definition) is 3. The molecule has 3 nitrogen and oxygen atoms in total. The van der Waals surface area contributed by atoms with E-state index in [-0.39, 0.29) is 16.3 Å². The van der Waals surface area contributed by atoms with E-state index in [0.717, 1.165) is 0 Å². The van der Waals surface area contributed by atoms with Crippen LogP contribution in [0.25, 0.3) is 0 Å². The zero-order chi connectivity index (χ0) is 14.0. The lowest BCUT2D eigenvalue weighted by Crippen LogP contribution is -2.47. The van der Waals surface area contributed by atoms with Crippen molar-refractivity contribution < 1.29 is 13.9 Å². The fraction of sp³-hybridized carbons (Fsp3) is 0.500. The molecule has 1 saturated heterocycles. The van der Waals surface area contributed by atoms with Crippen molar-refractivity contribution in [2.75, 3.05) is 26.2 Å². The standard InChI is InChI=1S/C12H14BrClF2N2O/c13-7-1-2-8(14)9(11(7)19)10(12(15)16)18-5-3-17-4-6-18/h1-2,10,12,17,19H,3-6H2/t10-/m1/s1. The molecule has 106 valence electrons. The van der Waals surface area contributed by atoms with Crippen molar-refractivity contribution in [3.63, 3.8) is 0 Å². The van der Waals surface area contributed by atoms with E-state index in [1.807, 2.05) is 0 Å². The highest BCUT2D eigenvalue weighted by Crippen LogP contribution is 2.42. The van der Waals surface area contributed by atoms with Crippen molar-refractivity contribution in [3.05, 3.63) is 27.2 Å². The van der Waals surface area contributed by atoms with Crippen LogP contribution in [0.4, 0.5) is 8.78 Å². The molecule has 0 unspecified atom stereocenters. The Morgan fingerprint density at radius 3 is 2.53 bits per heavy atom. The molecule has 1 aromatic carbocycles. The monoisotopic (exact) mass is 354 g/mol. The van der Waals surface area contributed by atoms with Gasteiger partial charge in [-0.2, -0.15) is 0 Å². The predicted octanol–water partition coefficient (Wildman–Crippen LogP) is 3.02. The van der Waals surface area contributed by atoms with Crippen LogP contribution in [0, 0.1) is 0 Å². The number of benzene rings is 1. The summed E-state index contributed by atoms with van der Waals surface area (Å²) in [6.45, 7) is 2.29. The van der Waals surface area contributed by atoms with Gasteiger partial charge in [-0.05, 0) is 28.1 Å². The molecule has 0 bridgehead atoms. The van der Waals surface area contributed by atoms with Gasteiger partial charge in [0, 0.05) is 36.8 Å². The van der Waals surface area contributed by atoms with Crippen molar-refractivity contribution in [2.24, 2.45) is 0 Å². The lowest BCUT2D eigenvalue weighted by Gasteiger charge is -2.35. The summed E-state index contributed by atoms with van der Waals surface area (Å²) in [6.07, 6.45) is -2.62. The summed E-state index contributed by atoms with van der Waals surface area (Å²) in [5.41, 5.74) is 0.0907. The van der Waals surface area contributed by atoms with Crippen LogP contribution in [-0.4, -0.2) is 42.6 Å². The molecule has 2 N–H and O–H groups in total. The van der Waals surface area contributed by atoms with Crippen LogP contribution in [0.15, 0.2) is 16.6 Å². The number of hydrogen-bond donors (Lipinski definition) is 2. The summed E-state index contributed by atoms with van der Waals surface area (Å²) in [4.78, 5) is 1.65. The zero-order valence-corrected chi connectivity index (χ0v) is 12.4. The average molecular weight is 356 g/mol. The minimum Gasteiger partial charge on any atom is -0.506 e. The fourth-order valence-corrected chi connectivity index (χ4v) is 2.88. The van der Waals surface area contributed by atoms with Crippen molar-refractivity contribution in [2.45, 2.75) is 12.5 Å². The van der Waals surface area contributed by atoms with Crippen LogP contribution in [0.5, 0.6) is 5.75 Å². The first-order chi connectivity index (χ1) is 9.02. The van der Waals surface area contributed by atoms with E-state index in [2.05, 4.69) is 21.2 Å². The van der Waals surface area contributed by atoms with Gasteiger partial charge < -0.3 is 10.4 Å². The molecular weight excluding hydrogens is 341 g/mol. The van der Waals surface area contributed by atoms with Gasteiger partial charge in [0.25, 0.3) is 6.43 Å². The first-order valence-corrected chi connectivity index (χ1v) is 7.09. The Kier molecular flexibility index (Phi) is 5.00. The number of aromatic hydroxyl groups is 1. The summed E-state index contributed by atoms with van der Waals surface area (Å²) >= 11 is 9.14. The van der Waals surface area contributed by atoms with E-state index in [4.69, 9.17) is 11.6 Å². The van der Waals surface area contributed by atoms with Gasteiger partial charge in [-0.15, -0.1) is 0 Å². The van der Waals surface area contributed by atoms with E-state index >= 15 is 0 Å². The Morgan fingerprint density at radius 1 is 1.32 bits per heavy atom. The van der Waals surface area contributed by atoms with Crippen LogP contribution in [0.3, 0.4) is 0 Å². The topological polar surface area (TPSA) is 35.5 Å². The lowest BCUT2D eigenvalue weighted by atomic mass is 10.0. The molecular formula is C12H14BrClF2N2O. The summed E-state index contributed by atoms with van der Waals surface area (Å²) < 4.78 is 27.2. The minimum absolute atomic E-state index is 0.0907. The molecule has 0 amide bonds. The van der Waals surface area contributed by atoms with Gasteiger partial charge in [0.2, 0.25) is 0 Å². The molecule has 0 radical (unpaired) electrons. The van der Waals surface area contributed by atoms with Gasteiger partial charge >= 0.3 is 0 Å². The molecule has 1 fully saturated rings. The van der Waals surface area contributed by atoms with Gasteiger partial charge in [0.05, 0.1) is 4.47 Å². The third kappa shape index (κ3) is 3.18. The summed E-state index contributed by atoms with van der Waals surface area (Å²) in [6, 6.07) is 1.87. The van der Waals surface area contributed by atoms with Crippen LogP contribution in [0.1, 0.15) is 11.6 Å².